The van der Waals surface area contributed by atoms with Gasteiger partial charge >= 0.3 is 0 Å². The summed E-state index contributed by atoms with van der Waals surface area (Å²) in [6, 6.07) is 23.8. The quantitative estimate of drug-likeness (QED) is 0.0767. The first-order valence-electron chi connectivity index (χ1n) is 25.4. The van der Waals surface area contributed by atoms with Crippen LogP contribution in [-0.2, 0) is 6.42 Å². The van der Waals surface area contributed by atoms with E-state index in [1.807, 2.05) is 100 Å². The van der Waals surface area contributed by atoms with Gasteiger partial charge in [0.2, 0.25) is 0 Å². The molecule has 0 bridgehead atoms. The molecule has 0 aliphatic carbocycles. The van der Waals surface area contributed by atoms with Crippen molar-refractivity contribution >= 4 is 39.4 Å². The Bertz CT molecular complexity index is 1740. The predicted octanol–water partition coefficient (Wildman–Crippen LogP) is 21.3. The number of nitrogens with zero attached hydrogens (tertiary/aromatic N) is 2. The molecular formula is C59H98N2S2. The molecule has 3 aromatic rings. The topological polar surface area (TPSA) is 27.0 Å². The van der Waals surface area contributed by atoms with Crippen LogP contribution in [0.1, 0.15) is 206 Å². The number of allylic oxidation sites excluding steroid dienone is 5. The number of nitriles is 1. The lowest BCUT2D eigenvalue weighted by Crippen LogP contribution is -2.37. The average molecular weight is 900 g/mol. The lowest BCUT2D eigenvalue weighted by Gasteiger charge is -2.36. The predicted molar refractivity (Wildman–Crippen MR) is 297 cm³/mol. The minimum Gasteiger partial charge on any atom is -0.337 e. The molecule has 4 atom stereocenters. The summed E-state index contributed by atoms with van der Waals surface area (Å²) in [6.07, 6.45) is 13.6. The van der Waals surface area contributed by atoms with Crippen molar-refractivity contribution in [3.05, 3.63) is 111 Å². The lowest BCUT2D eigenvalue weighted by atomic mass is 9.79. The number of anilines is 2. The molecule has 63 heavy (non-hydrogen) atoms. The summed E-state index contributed by atoms with van der Waals surface area (Å²) in [7, 11) is 0. The molecular weight excluding hydrogens is 801 g/mol. The Balaban J connectivity index is -0.00000276. The molecule has 0 spiro atoms. The molecule has 356 valence electrons. The van der Waals surface area contributed by atoms with Gasteiger partial charge < -0.3 is 4.90 Å². The Kier molecular flexibility index (Phi) is 38.7. The molecule has 2 aromatic carbocycles. The third kappa shape index (κ3) is 19.8. The number of hydrogen-bond acceptors (Lipinski definition) is 4. The number of benzene rings is 2. The van der Waals surface area contributed by atoms with Crippen molar-refractivity contribution in [3.63, 3.8) is 0 Å². The first-order valence-corrected chi connectivity index (χ1v) is 27.0. The van der Waals surface area contributed by atoms with Gasteiger partial charge in [-0.25, -0.2) is 0 Å². The van der Waals surface area contributed by atoms with Gasteiger partial charge in [0.15, 0.2) is 0 Å². The van der Waals surface area contributed by atoms with Crippen molar-refractivity contribution in [2.45, 2.75) is 203 Å². The number of hydrogen-bond donors (Lipinski definition) is 0. The molecule has 0 saturated heterocycles. The van der Waals surface area contributed by atoms with Gasteiger partial charge in [-0.1, -0.05) is 219 Å². The van der Waals surface area contributed by atoms with Crippen LogP contribution in [0.25, 0.3) is 15.3 Å². The Morgan fingerprint density at radius 2 is 1.38 bits per heavy atom. The molecule has 1 aliphatic heterocycles. The normalized spacial score (nSPS) is 15.1. The van der Waals surface area contributed by atoms with E-state index in [0.717, 1.165) is 28.9 Å². The highest BCUT2D eigenvalue weighted by Crippen LogP contribution is 2.51. The van der Waals surface area contributed by atoms with Crippen LogP contribution in [0.5, 0.6) is 0 Å². The van der Waals surface area contributed by atoms with E-state index in [9.17, 15) is 5.26 Å². The Labute approximate surface area is 401 Å². The molecule has 0 saturated carbocycles. The summed E-state index contributed by atoms with van der Waals surface area (Å²) in [6.45, 7) is 50.9. The van der Waals surface area contributed by atoms with E-state index in [1.54, 1.807) is 11.8 Å². The maximum absolute atomic E-state index is 9.79. The average Bonchev–Trinajstić information content (AvgIpc) is 3.92. The first kappa shape index (κ1) is 64.0. The van der Waals surface area contributed by atoms with E-state index in [-0.39, 0.29) is 5.92 Å². The first-order chi connectivity index (χ1) is 30.4. The number of fused-ring (bicyclic) bond motifs is 1. The highest BCUT2D eigenvalue weighted by Gasteiger charge is 2.42. The molecule has 0 radical (unpaired) electrons. The fourth-order valence-corrected chi connectivity index (χ4v) is 9.78. The molecule has 4 rings (SSSR count). The van der Waals surface area contributed by atoms with Crippen LogP contribution in [0.2, 0.25) is 0 Å². The van der Waals surface area contributed by atoms with Crippen LogP contribution in [0.4, 0.5) is 11.4 Å². The van der Waals surface area contributed by atoms with Crippen LogP contribution >= 0.6 is 23.1 Å². The van der Waals surface area contributed by atoms with E-state index in [0.29, 0.717) is 29.7 Å². The molecule has 1 aromatic heterocycles. The fourth-order valence-electron chi connectivity index (χ4n) is 7.47. The smallest absolute Gasteiger partial charge is 0.0950 e. The molecule has 0 N–H and O–H groups in total. The van der Waals surface area contributed by atoms with Crippen LogP contribution in [0, 0.1) is 35.0 Å². The van der Waals surface area contributed by atoms with Crippen LogP contribution in [0.3, 0.4) is 0 Å². The zero-order valence-corrected chi connectivity index (χ0v) is 46.7. The summed E-state index contributed by atoms with van der Waals surface area (Å²) in [5.74, 6) is 2.32. The van der Waals surface area contributed by atoms with Gasteiger partial charge in [-0.05, 0) is 109 Å². The maximum atomic E-state index is 9.79. The highest BCUT2D eigenvalue weighted by atomic mass is 32.2. The van der Waals surface area contributed by atoms with Crippen molar-refractivity contribution in [1.29, 1.82) is 5.26 Å². The van der Waals surface area contributed by atoms with Gasteiger partial charge in [-0.3, -0.25) is 0 Å². The second kappa shape index (κ2) is 38.1. The zero-order chi connectivity index (χ0) is 49.2. The minimum absolute atomic E-state index is 0.226. The molecule has 4 heteroatoms. The maximum Gasteiger partial charge on any atom is 0.0950 e. The number of para-hydroxylation sites is 1. The van der Waals surface area contributed by atoms with Crippen LogP contribution < -0.4 is 4.90 Å². The SMILES string of the molecule is C=C(/C=C(C)/C=C(\C#N)C(C)C(C)C)S/C(=C\C)c1sc(-c2ccc(N3c4ccccc4C(C(C)C)C3C(C)CC)cc2)cc1CCCCCC.CC.CC.CC.CC.CC.CC. The van der Waals surface area contributed by atoms with Crippen molar-refractivity contribution < 1.29 is 0 Å². The number of aryl methyl sites for hydroxylation is 1. The third-order valence-electron chi connectivity index (χ3n) is 10.8. The molecule has 4 unspecified atom stereocenters. The highest BCUT2D eigenvalue weighted by molar-refractivity contribution is 8.12. The molecule has 0 amide bonds. The summed E-state index contributed by atoms with van der Waals surface area (Å²) in [4.78, 5) is 7.57. The van der Waals surface area contributed by atoms with Gasteiger partial charge in [0.05, 0.1) is 6.07 Å². The largest absolute Gasteiger partial charge is 0.337 e. The van der Waals surface area contributed by atoms with E-state index >= 15 is 0 Å². The second-order valence-corrected chi connectivity index (χ2v) is 17.5. The Morgan fingerprint density at radius 1 is 0.810 bits per heavy atom. The molecule has 2 heterocycles. The standard InChI is InChI=1S/C47H62N2S2.6C2H6/c1-12-15-16-17-20-38-29-44(51-47(38)43(14-3)50-35(10)27-33(8)28-39(30-48)36(11)31(4)5)37-23-25-40(26-24-37)49-42-22-19-18-21-41(42)45(32(6)7)46(49)34(9)13-2;6*1-2/h14,18-19,21-29,31-32,34,36,45-46H,10,12-13,15-17,20H2,1-9,11H3;6*1-2H3/b33-27+,39-28+,43-14-;;;;;;. The number of thiophene rings is 1. The van der Waals surface area contributed by atoms with Crippen molar-refractivity contribution in [2.75, 3.05) is 4.90 Å². The molecule has 0 fully saturated rings. The summed E-state index contributed by atoms with van der Waals surface area (Å²) < 4.78 is 0. The number of thioether (sulfide) groups is 1. The number of rotatable bonds is 17. The van der Waals surface area contributed by atoms with Gasteiger partial charge in [0, 0.05) is 48.5 Å². The minimum atomic E-state index is 0.226. The van der Waals surface area contributed by atoms with Gasteiger partial charge in [-0.15, -0.1) is 11.3 Å². The Hall–Kier alpha value is -3.26. The summed E-state index contributed by atoms with van der Waals surface area (Å²) >= 11 is 3.66. The number of unbranched alkanes of at least 4 members (excludes halogenated alkanes) is 3. The van der Waals surface area contributed by atoms with E-state index in [1.165, 1.54) is 68.4 Å². The van der Waals surface area contributed by atoms with Crippen molar-refractivity contribution in [3.8, 4) is 16.5 Å². The van der Waals surface area contributed by atoms with Crippen LogP contribution in [0.15, 0.2) is 95.5 Å². The fraction of sp³-hybridized carbons (Fsp3) is 0.576. The van der Waals surface area contributed by atoms with Gasteiger partial charge in [-0.2, -0.15) is 5.26 Å². The summed E-state index contributed by atoms with van der Waals surface area (Å²) in [5, 5.41) is 9.79. The summed E-state index contributed by atoms with van der Waals surface area (Å²) in [5.41, 5.74) is 8.76. The van der Waals surface area contributed by atoms with E-state index in [2.05, 4.69) is 154 Å². The Morgan fingerprint density at radius 3 is 1.87 bits per heavy atom. The second-order valence-electron chi connectivity index (χ2n) is 15.3. The monoisotopic (exact) mass is 899 g/mol. The van der Waals surface area contributed by atoms with Crippen LogP contribution in [-0.4, -0.2) is 6.04 Å². The van der Waals surface area contributed by atoms with Crippen molar-refractivity contribution in [1.82, 2.24) is 0 Å². The van der Waals surface area contributed by atoms with Gasteiger partial charge in [0.1, 0.15) is 0 Å². The van der Waals surface area contributed by atoms with Gasteiger partial charge in [0.25, 0.3) is 0 Å². The third-order valence-corrected chi connectivity index (χ3v) is 13.3. The lowest BCUT2D eigenvalue weighted by molar-refractivity contribution is 0.341. The van der Waals surface area contributed by atoms with E-state index < -0.39 is 0 Å². The van der Waals surface area contributed by atoms with Crippen molar-refractivity contribution in [2.24, 2.45) is 23.7 Å². The molecule has 2 nitrogen and oxygen atoms in total. The molecule has 1 aliphatic rings. The zero-order valence-electron chi connectivity index (χ0n) is 45.1. The van der Waals surface area contributed by atoms with E-state index in [4.69, 9.17) is 0 Å².